The predicted octanol–water partition coefficient (Wildman–Crippen LogP) is 1.12. The molecule has 0 spiro atoms. The quantitative estimate of drug-likeness (QED) is 0.491. The summed E-state index contributed by atoms with van der Waals surface area (Å²) in [4.78, 5) is 0. The third-order valence-corrected chi connectivity index (χ3v) is 1.52. The van der Waals surface area contributed by atoms with E-state index < -0.39 is 6.29 Å². The molecule has 1 rings (SSSR count). The van der Waals surface area contributed by atoms with Gasteiger partial charge in [-0.25, -0.2) is 0 Å². The lowest BCUT2D eigenvalue weighted by Crippen LogP contribution is -1.98. The molecule has 2 heteroatoms. The normalized spacial score (nSPS) is 12.5. The van der Waals surface area contributed by atoms with E-state index in [1.807, 2.05) is 31.2 Å². The van der Waals surface area contributed by atoms with E-state index in [-0.39, 0.29) is 0 Å². The largest absolute Gasteiger partial charge is 0.373 e. The van der Waals surface area contributed by atoms with E-state index in [4.69, 9.17) is 10.2 Å². The number of aliphatic hydroxyl groups excluding tert-OH is 1. The first-order chi connectivity index (χ1) is 5.20. The molecule has 0 saturated carbocycles. The van der Waals surface area contributed by atoms with Crippen LogP contribution in [0.3, 0.4) is 0 Å². The lowest BCUT2D eigenvalue weighted by Gasteiger charge is -2.05. The fraction of sp³-hybridized carbons (Fsp3) is 0.222. The molecule has 0 unspecified atom stereocenters. The Labute approximate surface area is 65.8 Å². The highest BCUT2D eigenvalue weighted by molar-refractivity contribution is 5.64. The molecule has 0 fully saturated rings. The minimum atomic E-state index is -1.36. The van der Waals surface area contributed by atoms with Gasteiger partial charge in [0, 0.05) is 0 Å². The van der Waals surface area contributed by atoms with E-state index in [1.165, 1.54) is 6.08 Å². The van der Waals surface area contributed by atoms with Crippen LogP contribution in [0.25, 0.3) is 5.57 Å². The van der Waals surface area contributed by atoms with Crippen LogP contribution in [0.15, 0.2) is 30.3 Å². The zero-order chi connectivity index (χ0) is 8.27. The van der Waals surface area contributed by atoms with E-state index in [0.717, 1.165) is 11.1 Å². The summed E-state index contributed by atoms with van der Waals surface area (Å²) < 4.78 is 0. The van der Waals surface area contributed by atoms with Gasteiger partial charge >= 0.3 is 0 Å². The number of hydrogen-bond acceptors (Lipinski definition) is 2. The summed E-state index contributed by atoms with van der Waals surface area (Å²) in [5.74, 6) is 0. The van der Waals surface area contributed by atoms with Crippen LogP contribution in [0.1, 0.15) is 12.5 Å². The van der Waals surface area contributed by atoms with Crippen LogP contribution < -0.4 is 0 Å². The van der Waals surface area contributed by atoms with Crippen molar-refractivity contribution in [1.82, 2.24) is 0 Å². The summed E-state index contributed by atoms with van der Waals surface area (Å²) in [5.41, 5.74) is 1.91. The van der Waals surface area contributed by atoms with Crippen molar-refractivity contribution in [2.75, 3.05) is 0 Å². The second-order valence-corrected chi connectivity index (χ2v) is 2.44. The van der Waals surface area contributed by atoms with Crippen molar-refractivity contribution in [3.05, 3.63) is 35.9 Å². The molecule has 2 nitrogen and oxygen atoms in total. The van der Waals surface area contributed by atoms with Gasteiger partial charge in [-0.15, -0.1) is 23.3 Å². The number of rotatable bonds is 2. The Morgan fingerprint density at radius 2 is 1.91 bits per heavy atom. The van der Waals surface area contributed by atoms with E-state index >= 15 is 0 Å². The molecule has 0 radical (unpaired) electrons. The maximum atomic E-state index is 8.60. The van der Waals surface area contributed by atoms with E-state index in [0.29, 0.717) is 0 Å². The maximum Gasteiger partial charge on any atom is 0.137 e. The van der Waals surface area contributed by atoms with Crippen molar-refractivity contribution in [1.29, 1.82) is 0 Å². The molecule has 1 aromatic carbocycles. The van der Waals surface area contributed by atoms with Gasteiger partial charge in [-0.2, -0.15) is 12.1 Å². The molecule has 0 aromatic heterocycles. The molecule has 11 heavy (non-hydrogen) atoms. The summed E-state index contributed by atoms with van der Waals surface area (Å²) in [7, 11) is 0. The maximum absolute atomic E-state index is 8.60. The molecule has 0 amide bonds. The van der Waals surface area contributed by atoms with E-state index in [9.17, 15) is 0 Å². The third kappa shape index (κ3) is 2.26. The molecule has 2 N–H and O–H groups in total. The molecule has 0 bridgehead atoms. The van der Waals surface area contributed by atoms with Crippen molar-refractivity contribution < 1.29 is 10.2 Å². The summed E-state index contributed by atoms with van der Waals surface area (Å²) in [5, 5.41) is 17.2. The molecule has 0 heterocycles. The number of aliphatic hydroxyl groups is 2. The second kappa shape index (κ2) is 3.42. The first kappa shape index (κ1) is 8.11. The van der Waals surface area contributed by atoms with E-state index in [1.54, 1.807) is 0 Å². The molecule has 0 aliphatic rings. The molecular weight excluding hydrogens is 140 g/mol. The van der Waals surface area contributed by atoms with Gasteiger partial charge in [0.05, 0.1) is 0 Å². The first-order valence-corrected chi connectivity index (χ1v) is 3.47. The summed E-state index contributed by atoms with van der Waals surface area (Å²) in [6.07, 6.45) is 0.0416. The average Bonchev–Trinajstić information content (AvgIpc) is 2.35. The van der Waals surface area contributed by atoms with Gasteiger partial charge in [-0.3, -0.25) is 0 Å². The third-order valence-electron chi connectivity index (χ3n) is 1.52. The van der Waals surface area contributed by atoms with Crippen LogP contribution >= 0.6 is 0 Å². The van der Waals surface area contributed by atoms with Gasteiger partial charge in [0.1, 0.15) is 6.29 Å². The van der Waals surface area contributed by atoms with Crippen molar-refractivity contribution in [2.45, 2.75) is 13.2 Å². The Hall–Kier alpha value is -0.990. The minimum Gasteiger partial charge on any atom is -0.373 e. The van der Waals surface area contributed by atoms with Crippen LogP contribution in [0, 0.1) is 0 Å². The summed E-state index contributed by atoms with van der Waals surface area (Å²) in [6, 6.07) is 7.68. The van der Waals surface area contributed by atoms with Crippen LogP contribution in [-0.2, 0) is 0 Å². The Kier molecular flexibility index (Phi) is 2.52. The highest BCUT2D eigenvalue weighted by atomic mass is 16.5. The highest BCUT2D eigenvalue weighted by Gasteiger charge is 1.89. The monoisotopic (exact) mass is 151 g/mol. The Balaban J connectivity index is 2.77. The average molecular weight is 151 g/mol. The smallest absolute Gasteiger partial charge is 0.137 e. The van der Waals surface area contributed by atoms with Crippen LogP contribution in [0.2, 0.25) is 0 Å². The number of allylic oxidation sites excluding steroid dienone is 1. The van der Waals surface area contributed by atoms with Crippen LogP contribution in [0.4, 0.5) is 0 Å². The second-order valence-electron chi connectivity index (χ2n) is 2.44. The fourth-order valence-corrected chi connectivity index (χ4v) is 0.957. The highest BCUT2D eigenvalue weighted by Crippen LogP contribution is 2.13. The van der Waals surface area contributed by atoms with Crippen LogP contribution in [-0.4, -0.2) is 16.5 Å². The molecule has 0 saturated heterocycles. The lowest BCUT2D eigenvalue weighted by atomic mass is 10.1. The van der Waals surface area contributed by atoms with Crippen molar-refractivity contribution in [3.8, 4) is 0 Å². The van der Waals surface area contributed by atoms with Gasteiger partial charge < -0.3 is 10.2 Å². The molecule has 0 atom stereocenters. The van der Waals surface area contributed by atoms with Crippen molar-refractivity contribution in [2.24, 2.45) is 0 Å². The summed E-state index contributed by atoms with van der Waals surface area (Å²) in [6.45, 7) is 1.84. The molecular formula is C9H11O2-. The van der Waals surface area contributed by atoms with Crippen molar-refractivity contribution in [3.63, 3.8) is 0 Å². The Bertz CT molecular complexity index is 232. The van der Waals surface area contributed by atoms with Crippen molar-refractivity contribution >= 4 is 5.57 Å². The van der Waals surface area contributed by atoms with E-state index in [2.05, 4.69) is 0 Å². The predicted molar refractivity (Wildman–Crippen MR) is 43.9 cm³/mol. The first-order valence-electron chi connectivity index (χ1n) is 3.47. The molecule has 0 aliphatic heterocycles. The molecule has 0 aliphatic carbocycles. The minimum absolute atomic E-state index is 0.880. The van der Waals surface area contributed by atoms with Gasteiger partial charge in [-0.05, 0) is 0 Å². The van der Waals surface area contributed by atoms with Gasteiger partial charge in [0.15, 0.2) is 0 Å². The van der Waals surface area contributed by atoms with Gasteiger partial charge in [0.2, 0.25) is 0 Å². The molecule has 60 valence electrons. The van der Waals surface area contributed by atoms with Gasteiger partial charge in [0.25, 0.3) is 0 Å². The summed E-state index contributed by atoms with van der Waals surface area (Å²) >= 11 is 0. The SMILES string of the molecule is CC(=CC(O)O)[c-]1cccc1. The zero-order valence-electron chi connectivity index (χ0n) is 6.36. The Morgan fingerprint density at radius 1 is 1.36 bits per heavy atom. The van der Waals surface area contributed by atoms with Crippen LogP contribution in [0.5, 0.6) is 0 Å². The standard InChI is InChI=1S/C9H11O2/c1-7(6-9(10)11)8-4-2-3-5-8/h2-6,9-11H,1H3/q-1. The lowest BCUT2D eigenvalue weighted by molar-refractivity contribution is 0.00275. The molecule has 1 aromatic rings. The fourth-order valence-electron chi connectivity index (χ4n) is 0.957. The number of hydrogen-bond donors (Lipinski definition) is 2. The zero-order valence-corrected chi connectivity index (χ0v) is 6.36. The topological polar surface area (TPSA) is 40.5 Å². The van der Waals surface area contributed by atoms with Gasteiger partial charge in [-0.1, -0.05) is 13.0 Å². The Morgan fingerprint density at radius 3 is 2.36 bits per heavy atom.